The number of ether oxygens (including phenoxy) is 1. The minimum Gasteiger partial charge on any atom is -0.333 e. The highest BCUT2D eigenvalue weighted by atomic mass is 35.5. The van der Waals surface area contributed by atoms with Gasteiger partial charge in [0, 0.05) is 0 Å². The third kappa shape index (κ3) is 1.27. The highest BCUT2D eigenvalue weighted by molar-refractivity contribution is 6.20. The highest BCUT2D eigenvalue weighted by Gasteiger charge is 2.84. The van der Waals surface area contributed by atoms with Crippen LogP contribution in [0, 0.1) is 0 Å². The summed E-state index contributed by atoms with van der Waals surface area (Å²) >= 11 is 4.70. The second kappa shape index (κ2) is 2.88. The van der Waals surface area contributed by atoms with Gasteiger partial charge in [0.05, 0.1) is 0 Å². The van der Waals surface area contributed by atoms with E-state index in [4.69, 9.17) is 11.6 Å². The molecule has 0 aromatic heterocycles. The lowest BCUT2D eigenvalue weighted by atomic mass is 9.91. The van der Waals surface area contributed by atoms with Crippen LogP contribution in [0.25, 0.3) is 0 Å². The number of hydrogen-bond acceptors (Lipinski definition) is 1. The molecule has 1 aliphatic heterocycles. The molecule has 0 aliphatic carbocycles. The molecule has 1 saturated heterocycles. The molecule has 0 saturated carbocycles. The third-order valence-corrected chi connectivity index (χ3v) is 2.07. The zero-order chi connectivity index (χ0) is 11.4. The van der Waals surface area contributed by atoms with Gasteiger partial charge in [-0.05, 0) is 0 Å². The zero-order valence-corrected chi connectivity index (χ0v) is 6.84. The Morgan fingerprint density at radius 3 is 1.43 bits per heavy atom. The van der Waals surface area contributed by atoms with Crippen molar-refractivity contribution >= 4 is 11.6 Å². The number of rotatable bonds is 0. The Labute approximate surface area is 77.8 Å². The predicted molar refractivity (Wildman–Crippen MR) is 30.5 cm³/mol. The first kappa shape index (κ1) is 11.8. The van der Waals surface area contributed by atoms with Crippen LogP contribution in [-0.2, 0) is 4.74 Å². The summed E-state index contributed by atoms with van der Waals surface area (Å²) in [5.41, 5.74) is -7.00. The van der Waals surface area contributed by atoms with Crippen LogP contribution >= 0.6 is 11.6 Å². The average molecular weight is 247 g/mol. The molecule has 0 spiro atoms. The first-order valence-corrected chi connectivity index (χ1v) is 3.57. The van der Waals surface area contributed by atoms with Crippen LogP contribution in [0.4, 0.5) is 30.7 Å². The summed E-state index contributed by atoms with van der Waals surface area (Å²) in [6.07, 6.45) is -15.1. The molecule has 0 radical (unpaired) electrons. The largest absolute Gasteiger partial charge is 0.429 e. The van der Waals surface area contributed by atoms with E-state index in [0.29, 0.717) is 0 Å². The maximum atomic E-state index is 12.5. The molecule has 1 aliphatic rings. The summed E-state index contributed by atoms with van der Waals surface area (Å²) in [4.78, 5) is 0. The minimum atomic E-state index is -5.88. The van der Waals surface area contributed by atoms with Gasteiger partial charge in [0.2, 0.25) is 0 Å². The van der Waals surface area contributed by atoms with Gasteiger partial charge >= 0.3 is 12.4 Å². The van der Waals surface area contributed by atoms with Crippen molar-refractivity contribution in [3.63, 3.8) is 0 Å². The first-order valence-electron chi connectivity index (χ1n) is 3.13. The van der Waals surface area contributed by atoms with E-state index >= 15 is 0 Å². The fourth-order valence-corrected chi connectivity index (χ4v) is 1.34. The van der Waals surface area contributed by atoms with Crippen molar-refractivity contribution in [1.29, 1.82) is 0 Å². The molecule has 0 amide bonds. The predicted octanol–water partition coefficient (Wildman–Crippen LogP) is 2.78. The van der Waals surface area contributed by atoms with Gasteiger partial charge in [-0.3, -0.25) is 0 Å². The van der Waals surface area contributed by atoms with Crippen molar-refractivity contribution in [3.8, 4) is 0 Å². The maximum Gasteiger partial charge on any atom is 0.429 e. The summed E-state index contributed by atoms with van der Waals surface area (Å²) in [6.45, 7) is 0. The fourth-order valence-electron chi connectivity index (χ4n) is 1.02. The smallest absolute Gasteiger partial charge is 0.333 e. The molecular weight excluding hydrogens is 244 g/mol. The van der Waals surface area contributed by atoms with Crippen LogP contribution < -0.4 is 0 Å². The molecule has 2 atom stereocenters. The van der Waals surface area contributed by atoms with Gasteiger partial charge in [0.25, 0.3) is 5.60 Å². The number of alkyl halides is 8. The van der Waals surface area contributed by atoms with Gasteiger partial charge in [-0.1, -0.05) is 11.6 Å². The Hall–Kier alpha value is -0.240. The molecule has 0 unspecified atom stereocenters. The molecule has 0 bridgehead atoms. The van der Waals surface area contributed by atoms with Gasteiger partial charge in [-0.2, -0.15) is 26.3 Å². The topological polar surface area (TPSA) is 9.23 Å². The minimum absolute atomic E-state index is 2.22. The SMILES string of the molecule is F[C@H]1[C@H](Cl)OC1(C(F)(F)F)C(F)(F)F. The van der Waals surface area contributed by atoms with E-state index in [-0.39, 0.29) is 0 Å². The van der Waals surface area contributed by atoms with Crippen molar-refractivity contribution in [2.75, 3.05) is 0 Å². The molecule has 1 nitrogen and oxygen atoms in total. The molecular formula is C5H2ClF7O. The van der Waals surface area contributed by atoms with Gasteiger partial charge in [-0.15, -0.1) is 0 Å². The first-order chi connectivity index (χ1) is 6.04. The van der Waals surface area contributed by atoms with E-state index in [1.807, 2.05) is 0 Å². The zero-order valence-electron chi connectivity index (χ0n) is 6.09. The van der Waals surface area contributed by atoms with Crippen molar-refractivity contribution in [2.45, 2.75) is 29.7 Å². The summed E-state index contributed by atoms with van der Waals surface area (Å²) in [5, 5.41) is 0. The van der Waals surface area contributed by atoms with E-state index in [0.717, 1.165) is 0 Å². The van der Waals surface area contributed by atoms with Crippen LogP contribution in [0.3, 0.4) is 0 Å². The average Bonchev–Trinajstić information content (AvgIpc) is 1.93. The molecule has 1 heterocycles. The summed E-state index contributed by atoms with van der Waals surface area (Å²) in [6, 6.07) is 0. The molecule has 0 N–H and O–H groups in total. The van der Waals surface area contributed by atoms with Gasteiger partial charge in [0.15, 0.2) is 11.7 Å². The second-order valence-corrected chi connectivity index (χ2v) is 3.03. The van der Waals surface area contributed by atoms with Crippen molar-refractivity contribution in [1.82, 2.24) is 0 Å². The molecule has 0 aromatic carbocycles. The van der Waals surface area contributed by atoms with Gasteiger partial charge < -0.3 is 4.74 Å². The lowest BCUT2D eigenvalue weighted by molar-refractivity contribution is -0.450. The molecule has 1 rings (SSSR count). The number of halogens is 8. The summed E-state index contributed by atoms with van der Waals surface area (Å²) in [7, 11) is 0. The lowest BCUT2D eigenvalue weighted by Gasteiger charge is -2.48. The molecule has 0 aromatic rings. The van der Waals surface area contributed by atoms with E-state index in [2.05, 4.69) is 4.74 Å². The Bertz CT molecular complexity index is 219. The van der Waals surface area contributed by atoms with Crippen LogP contribution in [-0.4, -0.2) is 29.7 Å². The Kier molecular flexibility index (Phi) is 2.43. The molecule has 9 heteroatoms. The third-order valence-electron chi connectivity index (χ3n) is 1.76. The van der Waals surface area contributed by atoms with E-state index in [1.54, 1.807) is 0 Å². The Morgan fingerprint density at radius 2 is 1.36 bits per heavy atom. The Morgan fingerprint density at radius 1 is 1.00 bits per heavy atom. The highest BCUT2D eigenvalue weighted by Crippen LogP contribution is 2.57. The Balaban J connectivity index is 3.08. The van der Waals surface area contributed by atoms with Crippen molar-refractivity contribution < 1.29 is 35.5 Å². The standard InChI is InChI=1S/C5H2ClF7O/c6-2-1(7)3(14-2,4(8,9)10)5(11,12)13/h1-2H/t1-,2+/m0/s1. The van der Waals surface area contributed by atoms with Gasteiger partial charge in [-0.25, -0.2) is 4.39 Å². The summed E-state index contributed by atoms with van der Waals surface area (Å²) < 4.78 is 87.4. The molecule has 84 valence electrons. The van der Waals surface area contributed by atoms with E-state index in [9.17, 15) is 30.7 Å². The van der Waals surface area contributed by atoms with Crippen LogP contribution in [0.5, 0.6) is 0 Å². The van der Waals surface area contributed by atoms with Crippen LogP contribution in [0.15, 0.2) is 0 Å². The van der Waals surface area contributed by atoms with Crippen molar-refractivity contribution in [3.05, 3.63) is 0 Å². The van der Waals surface area contributed by atoms with Crippen LogP contribution in [0.2, 0.25) is 0 Å². The quantitative estimate of drug-likeness (QED) is 0.472. The number of hydrogen-bond donors (Lipinski definition) is 0. The molecule has 1 fully saturated rings. The lowest BCUT2D eigenvalue weighted by Crippen LogP contribution is -2.75. The van der Waals surface area contributed by atoms with E-state index in [1.165, 1.54) is 0 Å². The van der Waals surface area contributed by atoms with Gasteiger partial charge in [0.1, 0.15) is 0 Å². The van der Waals surface area contributed by atoms with Crippen LogP contribution in [0.1, 0.15) is 0 Å². The molecule has 14 heavy (non-hydrogen) atoms. The normalized spacial score (nSPS) is 32.6. The monoisotopic (exact) mass is 246 g/mol. The van der Waals surface area contributed by atoms with Crippen molar-refractivity contribution in [2.24, 2.45) is 0 Å². The fraction of sp³-hybridized carbons (Fsp3) is 1.00. The van der Waals surface area contributed by atoms with E-state index < -0.39 is 29.7 Å². The maximum absolute atomic E-state index is 12.5. The second-order valence-electron chi connectivity index (χ2n) is 2.60. The summed E-state index contributed by atoms with van der Waals surface area (Å²) in [5.74, 6) is 0.